The molecule has 134 valence electrons. The van der Waals surface area contributed by atoms with Crippen LogP contribution in [0.3, 0.4) is 0 Å². The molecule has 4 amide bonds. The normalized spacial score (nSPS) is 15.8. The summed E-state index contributed by atoms with van der Waals surface area (Å²) in [5.41, 5.74) is 0.284. The van der Waals surface area contributed by atoms with Crippen LogP contribution in [0.5, 0.6) is 0 Å². The highest BCUT2D eigenvalue weighted by atomic mass is 16.6. The smallest absolute Gasteiger partial charge is 0.416 e. The van der Waals surface area contributed by atoms with Crippen LogP contribution in [0.4, 0.5) is 4.79 Å². The standard InChI is InChI=1S/C17H14N2O7/c1-2-5-19-14(21)11-4-3-10(8-12(11)15(19)22)16(23)26-9-13(20)18-6-7-25-17(18)24/h2-4,8H,1,5-7,9H2. The quantitative estimate of drug-likeness (QED) is 0.431. The van der Waals surface area contributed by atoms with E-state index in [-0.39, 0.29) is 36.4 Å². The van der Waals surface area contributed by atoms with E-state index in [4.69, 9.17) is 4.74 Å². The molecule has 0 unspecified atom stereocenters. The fraction of sp³-hybridized carbons (Fsp3) is 0.235. The average Bonchev–Trinajstić information content (AvgIpc) is 3.16. The van der Waals surface area contributed by atoms with Gasteiger partial charge in [-0.05, 0) is 18.2 Å². The average molecular weight is 358 g/mol. The number of carbonyl (C=O) groups is 5. The van der Waals surface area contributed by atoms with Crippen molar-refractivity contribution in [1.29, 1.82) is 0 Å². The lowest BCUT2D eigenvalue weighted by atomic mass is 10.1. The Morgan fingerprint density at radius 1 is 1.19 bits per heavy atom. The largest absolute Gasteiger partial charge is 0.452 e. The van der Waals surface area contributed by atoms with Crippen molar-refractivity contribution in [1.82, 2.24) is 9.80 Å². The van der Waals surface area contributed by atoms with Gasteiger partial charge in [0, 0.05) is 6.54 Å². The number of hydrogen-bond acceptors (Lipinski definition) is 7. The molecule has 0 aromatic heterocycles. The van der Waals surface area contributed by atoms with E-state index in [1.165, 1.54) is 24.3 Å². The van der Waals surface area contributed by atoms with Gasteiger partial charge in [0.15, 0.2) is 6.61 Å². The van der Waals surface area contributed by atoms with Crippen LogP contribution in [0.25, 0.3) is 0 Å². The van der Waals surface area contributed by atoms with E-state index >= 15 is 0 Å². The summed E-state index contributed by atoms with van der Waals surface area (Å²) in [6.45, 7) is 3.11. The molecular weight excluding hydrogens is 344 g/mol. The topological polar surface area (TPSA) is 110 Å². The molecule has 9 heteroatoms. The zero-order chi connectivity index (χ0) is 18.8. The third-order valence-corrected chi connectivity index (χ3v) is 3.91. The van der Waals surface area contributed by atoms with Crippen LogP contribution >= 0.6 is 0 Å². The molecule has 1 aromatic carbocycles. The second-order valence-corrected chi connectivity index (χ2v) is 5.51. The van der Waals surface area contributed by atoms with Gasteiger partial charge in [-0.3, -0.25) is 19.3 Å². The summed E-state index contributed by atoms with van der Waals surface area (Å²) in [5.74, 6) is -2.55. The van der Waals surface area contributed by atoms with Crippen molar-refractivity contribution in [2.45, 2.75) is 0 Å². The Kier molecular flexibility index (Phi) is 4.53. The summed E-state index contributed by atoms with van der Waals surface area (Å²) in [6.07, 6.45) is 0.640. The van der Waals surface area contributed by atoms with Crippen LogP contribution in [0.1, 0.15) is 31.1 Å². The Morgan fingerprint density at radius 3 is 2.58 bits per heavy atom. The molecule has 0 atom stereocenters. The number of fused-ring (bicyclic) bond motifs is 1. The fourth-order valence-electron chi connectivity index (χ4n) is 2.62. The van der Waals surface area contributed by atoms with E-state index in [0.29, 0.717) is 0 Å². The van der Waals surface area contributed by atoms with E-state index in [1.54, 1.807) is 0 Å². The van der Waals surface area contributed by atoms with E-state index in [1.807, 2.05) is 0 Å². The molecular formula is C17H14N2O7. The molecule has 0 bridgehead atoms. The molecule has 0 spiro atoms. The first-order valence-electron chi connectivity index (χ1n) is 7.69. The minimum Gasteiger partial charge on any atom is -0.452 e. The lowest BCUT2D eigenvalue weighted by Gasteiger charge is -2.11. The highest BCUT2D eigenvalue weighted by Crippen LogP contribution is 2.24. The highest BCUT2D eigenvalue weighted by molar-refractivity contribution is 6.22. The Morgan fingerprint density at radius 2 is 1.92 bits per heavy atom. The van der Waals surface area contributed by atoms with E-state index < -0.39 is 36.4 Å². The third-order valence-electron chi connectivity index (χ3n) is 3.91. The summed E-state index contributed by atoms with van der Waals surface area (Å²) in [4.78, 5) is 61.4. The maximum Gasteiger partial charge on any atom is 0.416 e. The van der Waals surface area contributed by atoms with Gasteiger partial charge >= 0.3 is 12.1 Å². The molecule has 2 aliphatic rings. The highest BCUT2D eigenvalue weighted by Gasteiger charge is 2.35. The van der Waals surface area contributed by atoms with Crippen molar-refractivity contribution >= 4 is 29.8 Å². The SMILES string of the molecule is C=CCN1C(=O)c2ccc(C(=O)OCC(=O)N3CCOC3=O)cc2C1=O. The number of nitrogens with zero attached hydrogens (tertiary/aromatic N) is 2. The van der Waals surface area contributed by atoms with Crippen molar-refractivity contribution < 1.29 is 33.4 Å². The van der Waals surface area contributed by atoms with Crippen LogP contribution in [-0.4, -0.2) is 65.9 Å². The van der Waals surface area contributed by atoms with Crippen molar-refractivity contribution in [2.24, 2.45) is 0 Å². The molecule has 26 heavy (non-hydrogen) atoms. The first-order valence-corrected chi connectivity index (χ1v) is 7.69. The van der Waals surface area contributed by atoms with Crippen molar-refractivity contribution in [3.63, 3.8) is 0 Å². The van der Waals surface area contributed by atoms with Crippen LogP contribution < -0.4 is 0 Å². The number of ether oxygens (including phenoxy) is 2. The van der Waals surface area contributed by atoms with Gasteiger partial charge in [-0.25, -0.2) is 14.5 Å². The Bertz CT molecular complexity index is 846. The van der Waals surface area contributed by atoms with Gasteiger partial charge in [0.2, 0.25) is 0 Å². The Balaban J connectivity index is 1.69. The molecule has 3 rings (SSSR count). The van der Waals surface area contributed by atoms with E-state index in [2.05, 4.69) is 11.3 Å². The van der Waals surface area contributed by atoms with Gasteiger partial charge in [0.1, 0.15) is 6.61 Å². The van der Waals surface area contributed by atoms with Gasteiger partial charge in [-0.2, -0.15) is 0 Å². The first-order chi connectivity index (χ1) is 12.4. The molecule has 0 N–H and O–H groups in total. The summed E-state index contributed by atoms with van der Waals surface area (Å²) < 4.78 is 9.51. The predicted octanol–water partition coefficient (Wildman–Crippen LogP) is 0.604. The number of amides is 4. The second kappa shape index (κ2) is 6.79. The maximum atomic E-state index is 12.2. The summed E-state index contributed by atoms with van der Waals surface area (Å²) in [5, 5.41) is 0. The molecule has 9 nitrogen and oxygen atoms in total. The minimum absolute atomic E-state index is 0.0159. The molecule has 1 saturated heterocycles. The summed E-state index contributed by atoms with van der Waals surface area (Å²) in [6, 6.07) is 3.93. The summed E-state index contributed by atoms with van der Waals surface area (Å²) in [7, 11) is 0. The third kappa shape index (κ3) is 2.94. The Hall–Kier alpha value is -3.49. The minimum atomic E-state index is -0.851. The molecule has 1 aromatic rings. The summed E-state index contributed by atoms with van der Waals surface area (Å²) >= 11 is 0. The van der Waals surface area contributed by atoms with Crippen LogP contribution in [0, 0.1) is 0 Å². The monoisotopic (exact) mass is 358 g/mol. The molecule has 0 saturated carbocycles. The molecule has 2 aliphatic heterocycles. The van der Waals surface area contributed by atoms with Gasteiger partial charge < -0.3 is 9.47 Å². The number of rotatable bonds is 5. The number of cyclic esters (lactones) is 1. The first kappa shape index (κ1) is 17.3. The number of esters is 1. The molecule has 0 aliphatic carbocycles. The predicted molar refractivity (Wildman–Crippen MR) is 85.3 cm³/mol. The lowest BCUT2D eigenvalue weighted by Crippen LogP contribution is -2.35. The van der Waals surface area contributed by atoms with Crippen LogP contribution in [-0.2, 0) is 14.3 Å². The number of carbonyl (C=O) groups excluding carboxylic acids is 5. The fourth-order valence-corrected chi connectivity index (χ4v) is 2.62. The number of hydrogen-bond donors (Lipinski definition) is 0. The lowest BCUT2D eigenvalue weighted by molar-refractivity contribution is -0.131. The van der Waals surface area contributed by atoms with Gasteiger partial charge in [-0.15, -0.1) is 6.58 Å². The van der Waals surface area contributed by atoms with Crippen molar-refractivity contribution in [2.75, 3.05) is 26.3 Å². The van der Waals surface area contributed by atoms with E-state index in [0.717, 1.165) is 9.80 Å². The zero-order valence-corrected chi connectivity index (χ0v) is 13.6. The van der Waals surface area contributed by atoms with Gasteiger partial charge in [-0.1, -0.05) is 6.08 Å². The van der Waals surface area contributed by atoms with Gasteiger partial charge in [0.25, 0.3) is 17.7 Å². The van der Waals surface area contributed by atoms with Crippen molar-refractivity contribution in [3.8, 4) is 0 Å². The number of benzene rings is 1. The second-order valence-electron chi connectivity index (χ2n) is 5.51. The van der Waals surface area contributed by atoms with E-state index in [9.17, 15) is 24.0 Å². The molecule has 0 radical (unpaired) electrons. The van der Waals surface area contributed by atoms with Crippen LogP contribution in [0.15, 0.2) is 30.9 Å². The van der Waals surface area contributed by atoms with Crippen molar-refractivity contribution in [3.05, 3.63) is 47.5 Å². The van der Waals surface area contributed by atoms with Crippen LogP contribution in [0.2, 0.25) is 0 Å². The molecule has 2 heterocycles. The Labute approximate surface area is 147 Å². The van der Waals surface area contributed by atoms with Gasteiger partial charge in [0.05, 0.1) is 23.2 Å². The number of imide groups is 2. The zero-order valence-electron chi connectivity index (χ0n) is 13.6. The maximum absolute atomic E-state index is 12.2. The molecule has 1 fully saturated rings.